The highest BCUT2D eigenvalue weighted by Crippen LogP contribution is 2.20. The lowest BCUT2D eigenvalue weighted by Gasteiger charge is -2.25. The number of aliphatic hydroxyl groups is 3. The average molecular weight is 166 g/mol. The minimum atomic E-state index is -1.92. The van der Waals surface area contributed by atoms with Crippen molar-refractivity contribution in [2.24, 2.45) is 0 Å². The highest BCUT2D eigenvalue weighted by atomic mass is 32.2. The second-order valence-corrected chi connectivity index (χ2v) is 3.13. The molecule has 0 saturated carbocycles. The Morgan fingerprint density at radius 1 is 1.50 bits per heavy atom. The van der Waals surface area contributed by atoms with Crippen molar-refractivity contribution in [2.75, 3.05) is 6.26 Å². The van der Waals surface area contributed by atoms with Crippen molar-refractivity contribution in [1.82, 2.24) is 0 Å². The molecule has 0 amide bonds. The Bertz CT molecular complexity index is 95.0. The van der Waals surface area contributed by atoms with Crippen LogP contribution < -0.4 is 0 Å². The number of thioether (sulfide) groups is 1. The minimum Gasteiger partial charge on any atom is -0.377 e. The van der Waals surface area contributed by atoms with Gasteiger partial charge in [0.25, 0.3) is 0 Å². The Kier molecular flexibility index (Phi) is 4.28. The quantitative estimate of drug-likeness (QED) is 0.520. The second kappa shape index (κ2) is 4.18. The third-order valence-corrected chi connectivity index (χ3v) is 2.06. The van der Waals surface area contributed by atoms with E-state index in [0.29, 0.717) is 6.42 Å². The molecule has 0 aliphatic heterocycles. The monoisotopic (exact) mass is 166 g/mol. The summed E-state index contributed by atoms with van der Waals surface area (Å²) in [7, 11) is 0. The molecule has 0 aromatic carbocycles. The third-order valence-electron chi connectivity index (χ3n) is 1.24. The van der Waals surface area contributed by atoms with Gasteiger partial charge in [0.05, 0.1) is 0 Å². The van der Waals surface area contributed by atoms with Gasteiger partial charge in [0, 0.05) is 6.42 Å². The van der Waals surface area contributed by atoms with Crippen LogP contribution in [0.3, 0.4) is 0 Å². The molecule has 62 valence electrons. The van der Waals surface area contributed by atoms with E-state index in [2.05, 4.69) is 0 Å². The fourth-order valence-corrected chi connectivity index (χ4v) is 1.18. The van der Waals surface area contributed by atoms with Crippen LogP contribution in [0.2, 0.25) is 0 Å². The van der Waals surface area contributed by atoms with E-state index >= 15 is 0 Å². The zero-order chi connectivity index (χ0) is 8.20. The standard InChI is InChI=1S/C6H14O3S/c1-3-4-6(8,9)5(7)10-2/h5,7-9H,3-4H2,1-2H3. The first-order valence-electron chi connectivity index (χ1n) is 3.20. The van der Waals surface area contributed by atoms with Crippen LogP contribution >= 0.6 is 11.8 Å². The van der Waals surface area contributed by atoms with Crippen molar-refractivity contribution < 1.29 is 15.3 Å². The van der Waals surface area contributed by atoms with Crippen molar-refractivity contribution in [2.45, 2.75) is 31.0 Å². The molecule has 0 radical (unpaired) electrons. The van der Waals surface area contributed by atoms with Gasteiger partial charge < -0.3 is 15.3 Å². The zero-order valence-electron chi connectivity index (χ0n) is 6.24. The lowest BCUT2D eigenvalue weighted by molar-refractivity contribution is -0.202. The zero-order valence-corrected chi connectivity index (χ0v) is 7.06. The normalized spacial score (nSPS) is 15.3. The molecule has 0 rings (SSSR count). The van der Waals surface area contributed by atoms with Gasteiger partial charge in [0.1, 0.15) is 0 Å². The van der Waals surface area contributed by atoms with Gasteiger partial charge in [-0.3, -0.25) is 0 Å². The van der Waals surface area contributed by atoms with Gasteiger partial charge in [-0.25, -0.2) is 0 Å². The number of rotatable bonds is 4. The van der Waals surface area contributed by atoms with Crippen LogP contribution in [0.25, 0.3) is 0 Å². The topological polar surface area (TPSA) is 60.7 Å². The van der Waals surface area contributed by atoms with Gasteiger partial charge in [-0.05, 0) is 6.26 Å². The van der Waals surface area contributed by atoms with Gasteiger partial charge >= 0.3 is 0 Å². The summed E-state index contributed by atoms with van der Waals surface area (Å²) in [5.74, 6) is -1.92. The molecule has 0 spiro atoms. The molecule has 0 aromatic rings. The Labute approximate surface area is 65.1 Å². The van der Waals surface area contributed by atoms with Crippen LogP contribution in [0.5, 0.6) is 0 Å². The Morgan fingerprint density at radius 2 is 2.00 bits per heavy atom. The van der Waals surface area contributed by atoms with E-state index < -0.39 is 11.2 Å². The first kappa shape index (κ1) is 10.2. The fraction of sp³-hybridized carbons (Fsp3) is 1.00. The van der Waals surface area contributed by atoms with E-state index in [1.165, 1.54) is 0 Å². The molecule has 0 heterocycles. The first-order valence-corrected chi connectivity index (χ1v) is 4.49. The summed E-state index contributed by atoms with van der Waals surface area (Å²) in [4.78, 5) is 0. The minimum absolute atomic E-state index is 0.203. The first-order chi connectivity index (χ1) is 4.54. The molecule has 0 aromatic heterocycles. The van der Waals surface area contributed by atoms with Crippen molar-refractivity contribution >= 4 is 11.8 Å². The predicted molar refractivity (Wildman–Crippen MR) is 41.6 cm³/mol. The maximum absolute atomic E-state index is 9.07. The fourth-order valence-electron chi connectivity index (χ4n) is 0.680. The Balaban J connectivity index is 3.82. The number of aliphatic hydroxyl groups excluding tert-OH is 1. The lowest BCUT2D eigenvalue weighted by atomic mass is 10.2. The molecule has 1 atom stereocenters. The van der Waals surface area contributed by atoms with E-state index in [4.69, 9.17) is 15.3 Å². The van der Waals surface area contributed by atoms with Crippen LogP contribution in [0.4, 0.5) is 0 Å². The molecule has 0 saturated heterocycles. The smallest absolute Gasteiger partial charge is 0.199 e. The average Bonchev–Trinajstić information content (AvgIpc) is 1.86. The molecule has 1 unspecified atom stereocenters. The molecule has 3 N–H and O–H groups in total. The molecular formula is C6H14O3S. The Hall–Kier alpha value is 0.230. The van der Waals surface area contributed by atoms with Gasteiger partial charge in [-0.1, -0.05) is 13.3 Å². The van der Waals surface area contributed by atoms with Crippen LogP contribution in [-0.4, -0.2) is 32.8 Å². The number of hydrogen-bond donors (Lipinski definition) is 3. The van der Waals surface area contributed by atoms with Gasteiger partial charge in [-0.15, -0.1) is 11.8 Å². The van der Waals surface area contributed by atoms with Crippen molar-refractivity contribution in [3.8, 4) is 0 Å². The summed E-state index contributed by atoms with van der Waals surface area (Å²) >= 11 is 1.03. The van der Waals surface area contributed by atoms with E-state index in [0.717, 1.165) is 11.8 Å². The summed E-state index contributed by atoms with van der Waals surface area (Å²) in [6.45, 7) is 1.83. The SMILES string of the molecule is CCCC(O)(O)C(O)SC. The van der Waals surface area contributed by atoms with E-state index in [-0.39, 0.29) is 6.42 Å². The molecule has 3 nitrogen and oxygen atoms in total. The molecule has 4 heteroatoms. The molecule has 10 heavy (non-hydrogen) atoms. The van der Waals surface area contributed by atoms with Crippen LogP contribution in [0, 0.1) is 0 Å². The molecule has 0 bridgehead atoms. The Morgan fingerprint density at radius 3 is 2.30 bits per heavy atom. The van der Waals surface area contributed by atoms with Crippen LogP contribution in [0.15, 0.2) is 0 Å². The summed E-state index contributed by atoms with van der Waals surface area (Å²) in [5.41, 5.74) is -1.10. The number of hydrogen-bond acceptors (Lipinski definition) is 4. The van der Waals surface area contributed by atoms with Crippen molar-refractivity contribution in [3.05, 3.63) is 0 Å². The molecule has 0 fully saturated rings. The largest absolute Gasteiger partial charge is 0.377 e. The molecule has 0 aliphatic carbocycles. The van der Waals surface area contributed by atoms with E-state index in [1.807, 2.05) is 6.92 Å². The highest BCUT2D eigenvalue weighted by Gasteiger charge is 2.30. The van der Waals surface area contributed by atoms with E-state index in [9.17, 15) is 0 Å². The molecule has 0 aliphatic rings. The highest BCUT2D eigenvalue weighted by molar-refractivity contribution is 7.99. The predicted octanol–water partition coefficient (Wildman–Crippen LogP) is 0.149. The molecular weight excluding hydrogens is 152 g/mol. The van der Waals surface area contributed by atoms with Crippen LogP contribution in [0.1, 0.15) is 19.8 Å². The van der Waals surface area contributed by atoms with Gasteiger partial charge in [0.2, 0.25) is 0 Å². The van der Waals surface area contributed by atoms with Crippen LogP contribution in [-0.2, 0) is 0 Å². The van der Waals surface area contributed by atoms with Gasteiger partial charge in [0.15, 0.2) is 11.2 Å². The van der Waals surface area contributed by atoms with E-state index in [1.54, 1.807) is 6.26 Å². The van der Waals surface area contributed by atoms with Gasteiger partial charge in [-0.2, -0.15) is 0 Å². The third kappa shape index (κ3) is 2.88. The second-order valence-electron chi connectivity index (χ2n) is 2.22. The maximum atomic E-state index is 9.07. The summed E-state index contributed by atoms with van der Waals surface area (Å²) in [6, 6.07) is 0. The summed E-state index contributed by atoms with van der Waals surface area (Å²) < 4.78 is 0. The lowest BCUT2D eigenvalue weighted by Crippen LogP contribution is -2.39. The summed E-state index contributed by atoms with van der Waals surface area (Å²) in [6.07, 6.45) is 2.47. The summed E-state index contributed by atoms with van der Waals surface area (Å²) in [5, 5.41) is 27.1. The van der Waals surface area contributed by atoms with Crippen molar-refractivity contribution in [1.29, 1.82) is 0 Å². The van der Waals surface area contributed by atoms with Crippen molar-refractivity contribution in [3.63, 3.8) is 0 Å². The maximum Gasteiger partial charge on any atom is 0.199 e.